The van der Waals surface area contributed by atoms with Crippen molar-refractivity contribution in [3.63, 3.8) is 0 Å². The number of ketones is 1. The Kier molecular flexibility index (Phi) is 5.94. The SMILES string of the molecule is CN(CC(=O)c1ccccn1)[C@@H]1CCCN(C(=O)OC(C)(C)C)C1. The van der Waals surface area contributed by atoms with Crippen LogP contribution in [-0.4, -0.2) is 65.0 Å². The van der Waals surface area contributed by atoms with Crippen LogP contribution >= 0.6 is 0 Å². The fourth-order valence-corrected chi connectivity index (χ4v) is 2.77. The lowest BCUT2D eigenvalue weighted by molar-refractivity contribution is 0.0129. The summed E-state index contributed by atoms with van der Waals surface area (Å²) in [6.45, 7) is 7.18. The molecule has 1 amide bonds. The fraction of sp³-hybridized carbons (Fsp3) is 0.611. The van der Waals surface area contributed by atoms with Crippen molar-refractivity contribution in [1.29, 1.82) is 0 Å². The number of likely N-dealkylation sites (tertiary alicyclic amines) is 1. The molecule has 0 saturated carbocycles. The Labute approximate surface area is 143 Å². The van der Waals surface area contributed by atoms with E-state index in [0.717, 1.165) is 12.8 Å². The van der Waals surface area contributed by atoms with Gasteiger partial charge in [-0.3, -0.25) is 14.7 Å². The Morgan fingerprint density at radius 2 is 2.12 bits per heavy atom. The normalized spacial score (nSPS) is 18.5. The number of likely N-dealkylation sites (N-methyl/N-ethyl adjacent to an activating group) is 1. The standard InChI is InChI=1S/C18H27N3O3/c1-18(2,3)24-17(23)21-11-7-8-14(12-21)20(4)13-16(22)15-9-5-6-10-19-15/h5-6,9-10,14H,7-8,11-13H2,1-4H3/t14-/m1/s1. The molecule has 2 rings (SSSR count). The number of hydrogen-bond acceptors (Lipinski definition) is 5. The van der Waals surface area contributed by atoms with E-state index in [2.05, 4.69) is 4.98 Å². The van der Waals surface area contributed by atoms with E-state index in [1.54, 1.807) is 23.2 Å². The highest BCUT2D eigenvalue weighted by molar-refractivity contribution is 5.95. The highest BCUT2D eigenvalue weighted by Crippen LogP contribution is 2.18. The summed E-state index contributed by atoms with van der Waals surface area (Å²) < 4.78 is 5.45. The maximum Gasteiger partial charge on any atom is 0.410 e. The van der Waals surface area contributed by atoms with Crippen LogP contribution in [0.1, 0.15) is 44.1 Å². The molecule has 132 valence electrons. The van der Waals surface area contributed by atoms with E-state index in [1.807, 2.05) is 38.8 Å². The van der Waals surface area contributed by atoms with Crippen molar-refractivity contribution in [3.8, 4) is 0 Å². The van der Waals surface area contributed by atoms with E-state index in [0.29, 0.717) is 25.3 Å². The fourth-order valence-electron chi connectivity index (χ4n) is 2.77. The molecule has 2 heterocycles. The summed E-state index contributed by atoms with van der Waals surface area (Å²) in [6, 6.07) is 5.48. The summed E-state index contributed by atoms with van der Waals surface area (Å²) in [5.41, 5.74) is -0.0191. The topological polar surface area (TPSA) is 62.7 Å². The predicted octanol–water partition coefficient (Wildman–Crippen LogP) is 2.60. The van der Waals surface area contributed by atoms with Crippen LogP contribution in [0.25, 0.3) is 0 Å². The molecule has 1 aliphatic heterocycles. The summed E-state index contributed by atoms with van der Waals surface area (Å²) in [7, 11) is 1.92. The minimum Gasteiger partial charge on any atom is -0.444 e. The lowest BCUT2D eigenvalue weighted by Crippen LogP contribution is -2.50. The van der Waals surface area contributed by atoms with E-state index in [4.69, 9.17) is 4.74 Å². The molecule has 0 unspecified atom stereocenters. The predicted molar refractivity (Wildman–Crippen MR) is 92.0 cm³/mol. The number of carbonyl (C=O) groups excluding carboxylic acids is 2. The third-order valence-electron chi connectivity index (χ3n) is 4.02. The van der Waals surface area contributed by atoms with Gasteiger partial charge >= 0.3 is 6.09 Å². The number of aromatic nitrogens is 1. The summed E-state index contributed by atoms with van der Waals surface area (Å²) in [5.74, 6) is -0.00695. The minimum absolute atomic E-state index is 0.00695. The van der Waals surface area contributed by atoms with E-state index < -0.39 is 5.60 Å². The monoisotopic (exact) mass is 333 g/mol. The molecular weight excluding hydrogens is 306 g/mol. The average Bonchev–Trinajstić information content (AvgIpc) is 2.54. The first kappa shape index (κ1) is 18.4. The zero-order chi connectivity index (χ0) is 17.7. The number of piperidine rings is 1. The van der Waals surface area contributed by atoms with E-state index >= 15 is 0 Å². The zero-order valence-corrected chi connectivity index (χ0v) is 15.0. The molecule has 1 fully saturated rings. The van der Waals surface area contributed by atoms with Gasteiger partial charge in [0.2, 0.25) is 0 Å². The first-order valence-electron chi connectivity index (χ1n) is 8.38. The number of nitrogens with zero attached hydrogens (tertiary/aromatic N) is 3. The maximum atomic E-state index is 12.3. The molecule has 1 aliphatic rings. The maximum absolute atomic E-state index is 12.3. The number of amides is 1. The zero-order valence-electron chi connectivity index (χ0n) is 15.0. The van der Waals surface area contributed by atoms with Gasteiger partial charge in [0.05, 0.1) is 6.54 Å². The van der Waals surface area contributed by atoms with Crippen LogP contribution in [0.15, 0.2) is 24.4 Å². The smallest absolute Gasteiger partial charge is 0.410 e. The summed E-state index contributed by atoms with van der Waals surface area (Å²) >= 11 is 0. The van der Waals surface area contributed by atoms with Crippen molar-refractivity contribution < 1.29 is 14.3 Å². The molecule has 1 aromatic heterocycles. The van der Waals surface area contributed by atoms with Crippen LogP contribution in [0, 0.1) is 0 Å². The second-order valence-corrected chi connectivity index (χ2v) is 7.28. The molecular formula is C18H27N3O3. The van der Waals surface area contributed by atoms with Crippen LogP contribution in [0.3, 0.4) is 0 Å². The van der Waals surface area contributed by atoms with Gasteiger partial charge in [-0.1, -0.05) is 6.07 Å². The Balaban J connectivity index is 1.91. The van der Waals surface area contributed by atoms with Crippen molar-refractivity contribution in [2.24, 2.45) is 0 Å². The first-order valence-corrected chi connectivity index (χ1v) is 8.38. The molecule has 1 aromatic rings. The Hall–Kier alpha value is -1.95. The molecule has 6 heteroatoms. The number of rotatable bonds is 4. The molecule has 0 aliphatic carbocycles. The third kappa shape index (κ3) is 5.30. The van der Waals surface area contributed by atoms with Gasteiger partial charge < -0.3 is 9.64 Å². The molecule has 1 saturated heterocycles. The third-order valence-corrected chi connectivity index (χ3v) is 4.02. The Morgan fingerprint density at radius 3 is 2.75 bits per heavy atom. The molecule has 0 N–H and O–H groups in total. The van der Waals surface area contributed by atoms with Crippen molar-refractivity contribution in [1.82, 2.24) is 14.8 Å². The summed E-state index contributed by atoms with van der Waals surface area (Å²) in [6.07, 6.45) is 3.21. The van der Waals surface area contributed by atoms with Gasteiger partial charge in [-0.15, -0.1) is 0 Å². The van der Waals surface area contributed by atoms with Gasteiger partial charge in [-0.05, 0) is 52.8 Å². The molecule has 0 radical (unpaired) electrons. The molecule has 24 heavy (non-hydrogen) atoms. The molecule has 0 spiro atoms. The minimum atomic E-state index is -0.495. The van der Waals surface area contributed by atoms with Crippen molar-refractivity contribution in [2.75, 3.05) is 26.7 Å². The van der Waals surface area contributed by atoms with Gasteiger partial charge in [0.1, 0.15) is 11.3 Å². The summed E-state index contributed by atoms with van der Waals surface area (Å²) in [4.78, 5) is 32.4. The number of hydrogen-bond donors (Lipinski definition) is 0. The number of pyridine rings is 1. The van der Waals surface area contributed by atoms with Crippen molar-refractivity contribution in [3.05, 3.63) is 30.1 Å². The van der Waals surface area contributed by atoms with Gasteiger partial charge in [0.25, 0.3) is 0 Å². The lowest BCUT2D eigenvalue weighted by Gasteiger charge is -2.37. The van der Waals surface area contributed by atoms with E-state index in [9.17, 15) is 9.59 Å². The average molecular weight is 333 g/mol. The second kappa shape index (κ2) is 7.75. The molecule has 0 bridgehead atoms. The van der Waals surface area contributed by atoms with Gasteiger partial charge in [-0.25, -0.2) is 4.79 Å². The van der Waals surface area contributed by atoms with Crippen molar-refractivity contribution >= 4 is 11.9 Å². The Bertz CT molecular complexity index is 569. The van der Waals surface area contributed by atoms with Gasteiger partial charge in [0, 0.05) is 25.3 Å². The van der Waals surface area contributed by atoms with Crippen LogP contribution in [-0.2, 0) is 4.74 Å². The second-order valence-electron chi connectivity index (χ2n) is 7.28. The van der Waals surface area contributed by atoms with E-state index in [-0.39, 0.29) is 17.9 Å². The molecule has 6 nitrogen and oxygen atoms in total. The number of ether oxygens (including phenoxy) is 1. The van der Waals surface area contributed by atoms with Crippen LogP contribution in [0.5, 0.6) is 0 Å². The highest BCUT2D eigenvalue weighted by Gasteiger charge is 2.30. The number of carbonyl (C=O) groups is 2. The highest BCUT2D eigenvalue weighted by atomic mass is 16.6. The van der Waals surface area contributed by atoms with Crippen molar-refractivity contribution in [2.45, 2.75) is 45.3 Å². The van der Waals surface area contributed by atoms with Gasteiger partial charge in [0.15, 0.2) is 5.78 Å². The first-order chi connectivity index (χ1) is 11.3. The van der Waals surface area contributed by atoms with E-state index in [1.165, 1.54) is 0 Å². The van der Waals surface area contributed by atoms with Crippen LogP contribution in [0.4, 0.5) is 4.79 Å². The van der Waals surface area contributed by atoms with Crippen LogP contribution < -0.4 is 0 Å². The van der Waals surface area contributed by atoms with Crippen LogP contribution in [0.2, 0.25) is 0 Å². The largest absolute Gasteiger partial charge is 0.444 e. The lowest BCUT2D eigenvalue weighted by atomic mass is 10.0. The molecule has 1 atom stereocenters. The number of Topliss-reactive ketones (excluding diaryl/α,β-unsaturated/α-hetero) is 1. The molecule has 0 aromatic carbocycles. The van der Waals surface area contributed by atoms with Gasteiger partial charge in [-0.2, -0.15) is 0 Å². The Morgan fingerprint density at radius 1 is 1.38 bits per heavy atom. The quantitative estimate of drug-likeness (QED) is 0.793. The summed E-state index contributed by atoms with van der Waals surface area (Å²) in [5, 5.41) is 0.